The molecule has 46 valence electrons. The Balaban J connectivity index is 3.56. The number of halogens is 2. The second-order valence-corrected chi connectivity index (χ2v) is 1.43. The van der Waals surface area contributed by atoms with Crippen LogP contribution in [-0.2, 0) is 0 Å². The molecule has 0 saturated heterocycles. The number of hydrogen-bond acceptors (Lipinski definition) is 0. The lowest BCUT2D eigenvalue weighted by Gasteiger charge is -1.87. The monoisotopic (exact) mass is 118 g/mol. The molecule has 0 fully saturated rings. The van der Waals surface area contributed by atoms with Crippen LogP contribution >= 0.6 is 0 Å². The summed E-state index contributed by atoms with van der Waals surface area (Å²) in [5, 5.41) is 0. The minimum Gasteiger partial charge on any atom is -0.212 e. The van der Waals surface area contributed by atoms with Gasteiger partial charge in [-0.15, -0.1) is 0 Å². The van der Waals surface area contributed by atoms with E-state index in [9.17, 15) is 8.78 Å². The van der Waals surface area contributed by atoms with Crippen LogP contribution in [0.5, 0.6) is 0 Å². The summed E-state index contributed by atoms with van der Waals surface area (Å²) in [6, 6.07) is 0. The van der Waals surface area contributed by atoms with E-state index in [1.165, 1.54) is 13.0 Å². The second kappa shape index (κ2) is 3.36. The van der Waals surface area contributed by atoms with Gasteiger partial charge in [0.15, 0.2) is 0 Å². The van der Waals surface area contributed by atoms with Crippen LogP contribution in [-0.4, -0.2) is 0 Å². The van der Waals surface area contributed by atoms with E-state index in [1.54, 1.807) is 0 Å². The first-order chi connectivity index (χ1) is 3.66. The summed E-state index contributed by atoms with van der Waals surface area (Å²) < 4.78 is 23.6. The third-order valence-corrected chi connectivity index (χ3v) is 0.674. The zero-order chi connectivity index (χ0) is 6.57. The van der Waals surface area contributed by atoms with Crippen molar-refractivity contribution in [2.45, 2.75) is 13.3 Å². The Morgan fingerprint density at radius 3 is 2.25 bits per heavy atom. The fraction of sp³-hybridized carbons (Fsp3) is 0.333. The van der Waals surface area contributed by atoms with E-state index in [0.29, 0.717) is 0 Å². The fourth-order valence-corrected chi connectivity index (χ4v) is 0.285. The SMILES string of the molecule is C=C(F)C/C(F)=C/C. The van der Waals surface area contributed by atoms with Gasteiger partial charge in [-0.1, -0.05) is 12.7 Å². The Bertz CT molecular complexity index is 114. The Hall–Kier alpha value is -0.660. The smallest absolute Gasteiger partial charge is 0.102 e. The minimum atomic E-state index is -0.638. The Morgan fingerprint density at radius 1 is 1.62 bits per heavy atom. The molecule has 8 heavy (non-hydrogen) atoms. The van der Waals surface area contributed by atoms with Crippen molar-refractivity contribution in [3.8, 4) is 0 Å². The molecular weight excluding hydrogens is 110 g/mol. The maximum atomic E-state index is 11.9. The van der Waals surface area contributed by atoms with Crippen molar-refractivity contribution < 1.29 is 8.78 Å². The Morgan fingerprint density at radius 2 is 2.12 bits per heavy atom. The predicted octanol–water partition coefficient (Wildman–Crippen LogP) is 2.73. The maximum absolute atomic E-state index is 11.9. The Labute approximate surface area is 47.5 Å². The van der Waals surface area contributed by atoms with Crippen LogP contribution in [0.3, 0.4) is 0 Å². The molecule has 0 N–H and O–H groups in total. The molecule has 0 aromatic heterocycles. The number of allylic oxidation sites excluding steroid dienone is 3. The van der Waals surface area contributed by atoms with Crippen molar-refractivity contribution in [3.63, 3.8) is 0 Å². The summed E-state index contributed by atoms with van der Waals surface area (Å²) in [5.74, 6) is -1.11. The topological polar surface area (TPSA) is 0 Å². The van der Waals surface area contributed by atoms with Gasteiger partial charge in [-0.3, -0.25) is 0 Å². The summed E-state index contributed by atoms with van der Waals surface area (Å²) in [6.07, 6.45) is 0.932. The van der Waals surface area contributed by atoms with Crippen LogP contribution < -0.4 is 0 Å². The lowest BCUT2D eigenvalue weighted by molar-refractivity contribution is 0.543. The molecule has 0 aliphatic rings. The van der Waals surface area contributed by atoms with E-state index in [1.807, 2.05) is 0 Å². The third kappa shape index (κ3) is 3.53. The van der Waals surface area contributed by atoms with Gasteiger partial charge in [0.05, 0.1) is 12.2 Å². The van der Waals surface area contributed by atoms with E-state index in [2.05, 4.69) is 6.58 Å². The lowest BCUT2D eigenvalue weighted by atomic mass is 10.3. The molecular formula is C6H8F2. The summed E-state index contributed by atoms with van der Waals surface area (Å²) in [7, 11) is 0. The van der Waals surface area contributed by atoms with Crippen LogP contribution in [0.4, 0.5) is 8.78 Å². The first kappa shape index (κ1) is 7.34. The van der Waals surface area contributed by atoms with Crippen molar-refractivity contribution >= 4 is 0 Å². The molecule has 0 spiro atoms. The van der Waals surface area contributed by atoms with Crippen LogP contribution in [0, 0.1) is 0 Å². The molecule has 0 unspecified atom stereocenters. The largest absolute Gasteiger partial charge is 0.212 e. The van der Waals surface area contributed by atoms with Crippen LogP contribution in [0.1, 0.15) is 13.3 Å². The van der Waals surface area contributed by atoms with Crippen LogP contribution in [0.2, 0.25) is 0 Å². The third-order valence-electron chi connectivity index (χ3n) is 0.674. The molecule has 0 amide bonds. The van der Waals surface area contributed by atoms with E-state index in [0.717, 1.165) is 0 Å². The highest BCUT2D eigenvalue weighted by molar-refractivity contribution is 4.99. The molecule has 0 heterocycles. The van der Waals surface area contributed by atoms with Crippen molar-refractivity contribution in [1.29, 1.82) is 0 Å². The molecule has 0 nitrogen and oxygen atoms in total. The molecule has 0 rings (SSSR count). The van der Waals surface area contributed by atoms with E-state index in [-0.39, 0.29) is 6.42 Å². The second-order valence-electron chi connectivity index (χ2n) is 1.43. The summed E-state index contributed by atoms with van der Waals surface area (Å²) in [4.78, 5) is 0. The molecule has 0 saturated carbocycles. The van der Waals surface area contributed by atoms with Crippen molar-refractivity contribution in [1.82, 2.24) is 0 Å². The average Bonchev–Trinajstić information content (AvgIpc) is 1.65. The quantitative estimate of drug-likeness (QED) is 0.523. The molecule has 0 aliphatic carbocycles. The molecule has 2 heteroatoms. The van der Waals surface area contributed by atoms with Crippen LogP contribution in [0.25, 0.3) is 0 Å². The van der Waals surface area contributed by atoms with Gasteiger partial charge in [-0.25, -0.2) is 8.78 Å². The zero-order valence-electron chi connectivity index (χ0n) is 4.75. The number of hydrogen-bond donors (Lipinski definition) is 0. The number of rotatable bonds is 2. The van der Waals surface area contributed by atoms with Gasteiger partial charge in [0.1, 0.15) is 5.83 Å². The van der Waals surface area contributed by atoms with Gasteiger partial charge in [0.2, 0.25) is 0 Å². The lowest BCUT2D eigenvalue weighted by Crippen LogP contribution is -1.71. The predicted molar refractivity (Wildman–Crippen MR) is 29.7 cm³/mol. The first-order valence-corrected chi connectivity index (χ1v) is 2.30. The van der Waals surface area contributed by atoms with Crippen molar-refractivity contribution in [2.75, 3.05) is 0 Å². The normalized spacial score (nSPS) is 11.6. The molecule has 0 aliphatic heterocycles. The van der Waals surface area contributed by atoms with Gasteiger partial charge in [-0.2, -0.15) is 0 Å². The highest BCUT2D eigenvalue weighted by atomic mass is 19.1. The van der Waals surface area contributed by atoms with Gasteiger partial charge >= 0.3 is 0 Å². The van der Waals surface area contributed by atoms with Crippen molar-refractivity contribution in [2.24, 2.45) is 0 Å². The van der Waals surface area contributed by atoms with E-state index < -0.39 is 11.7 Å². The first-order valence-electron chi connectivity index (χ1n) is 2.30. The van der Waals surface area contributed by atoms with Gasteiger partial charge in [0, 0.05) is 0 Å². The highest BCUT2D eigenvalue weighted by Crippen LogP contribution is 2.09. The summed E-state index contributed by atoms with van der Waals surface area (Å²) >= 11 is 0. The maximum Gasteiger partial charge on any atom is 0.102 e. The molecule has 0 aromatic rings. The molecule has 0 radical (unpaired) electrons. The van der Waals surface area contributed by atoms with Gasteiger partial charge in [0.25, 0.3) is 0 Å². The molecule has 0 aromatic carbocycles. The van der Waals surface area contributed by atoms with Crippen molar-refractivity contribution in [3.05, 3.63) is 24.3 Å². The Kier molecular flexibility index (Phi) is 3.08. The van der Waals surface area contributed by atoms with Gasteiger partial charge < -0.3 is 0 Å². The average molecular weight is 118 g/mol. The standard InChI is InChI=1S/C6H8F2/c1-3-6(8)4-5(2)7/h3H,2,4H2,1H3/b6-3-. The zero-order valence-corrected chi connectivity index (χ0v) is 4.75. The molecule has 0 bridgehead atoms. The molecule has 0 atom stereocenters. The van der Waals surface area contributed by atoms with E-state index >= 15 is 0 Å². The minimum absolute atomic E-state index is 0.281. The van der Waals surface area contributed by atoms with Gasteiger partial charge in [-0.05, 0) is 6.92 Å². The summed E-state index contributed by atoms with van der Waals surface area (Å²) in [5.41, 5.74) is 0. The fourth-order valence-electron chi connectivity index (χ4n) is 0.285. The summed E-state index contributed by atoms with van der Waals surface area (Å²) in [6.45, 7) is 4.41. The van der Waals surface area contributed by atoms with E-state index in [4.69, 9.17) is 0 Å². The van der Waals surface area contributed by atoms with Crippen LogP contribution in [0.15, 0.2) is 24.3 Å². The highest BCUT2D eigenvalue weighted by Gasteiger charge is 1.93.